The molecule has 3 fully saturated rings. The lowest BCUT2D eigenvalue weighted by Gasteiger charge is -2.38. The van der Waals surface area contributed by atoms with Gasteiger partial charge in [0.2, 0.25) is 0 Å². The monoisotopic (exact) mass is 295 g/mol. The van der Waals surface area contributed by atoms with Gasteiger partial charge in [-0.3, -0.25) is 9.59 Å². The van der Waals surface area contributed by atoms with Crippen molar-refractivity contribution >= 4 is 11.9 Å². The Morgan fingerprint density at radius 3 is 2.43 bits per heavy atom. The van der Waals surface area contributed by atoms with Crippen molar-refractivity contribution in [3.05, 3.63) is 0 Å². The fourth-order valence-corrected chi connectivity index (χ4v) is 4.04. The molecule has 2 aliphatic heterocycles. The number of aliphatic hydroxyl groups excluding tert-OH is 1. The number of ether oxygens (including phenoxy) is 1. The maximum Gasteiger partial charge on any atom is 0.312 e. The average Bonchev–Trinajstić information content (AvgIpc) is 2.88. The summed E-state index contributed by atoms with van der Waals surface area (Å²) in [5.74, 6) is -0.107. The van der Waals surface area contributed by atoms with Crippen LogP contribution in [-0.4, -0.2) is 47.7 Å². The van der Waals surface area contributed by atoms with Gasteiger partial charge in [-0.2, -0.15) is 0 Å². The molecule has 1 saturated carbocycles. The molecule has 1 spiro atoms. The van der Waals surface area contributed by atoms with Gasteiger partial charge in [-0.15, -0.1) is 0 Å². The van der Waals surface area contributed by atoms with Crippen LogP contribution in [0.3, 0.4) is 0 Å². The predicted octanol–water partition coefficient (Wildman–Crippen LogP) is 1.48. The van der Waals surface area contributed by atoms with E-state index in [1.807, 2.05) is 0 Å². The van der Waals surface area contributed by atoms with Crippen LogP contribution in [-0.2, 0) is 14.3 Å². The number of carbonyl (C=O) groups is 2. The second kappa shape index (κ2) is 5.95. The van der Waals surface area contributed by atoms with Crippen molar-refractivity contribution in [3.63, 3.8) is 0 Å². The van der Waals surface area contributed by atoms with Crippen LogP contribution in [0.25, 0.3) is 0 Å². The number of aliphatic hydroxyl groups is 1. The molecule has 2 saturated heterocycles. The summed E-state index contributed by atoms with van der Waals surface area (Å²) < 4.78 is 5.09. The number of hydrogen-bond acceptors (Lipinski definition) is 4. The molecule has 5 heteroatoms. The first-order chi connectivity index (χ1) is 10.1. The third-order valence-corrected chi connectivity index (χ3v) is 5.63. The third kappa shape index (κ3) is 2.80. The van der Waals surface area contributed by atoms with Gasteiger partial charge in [0.15, 0.2) is 0 Å². The standard InChI is InChI=1S/C16H25NO4/c18-13(12-4-2-1-3-5-12)14(19)17-9-6-16(7-10-17)8-11-21-15(16)20/h12-13,18H,1-11H2. The van der Waals surface area contributed by atoms with Gasteiger partial charge >= 0.3 is 5.97 Å². The van der Waals surface area contributed by atoms with E-state index in [-0.39, 0.29) is 23.2 Å². The molecule has 0 aromatic rings. The summed E-state index contributed by atoms with van der Waals surface area (Å²) in [4.78, 5) is 26.0. The quantitative estimate of drug-likeness (QED) is 0.784. The van der Waals surface area contributed by atoms with Crippen LogP contribution in [0.15, 0.2) is 0 Å². The molecular formula is C16H25NO4. The van der Waals surface area contributed by atoms with Gasteiger partial charge in [-0.25, -0.2) is 0 Å². The molecule has 118 valence electrons. The second-order valence-electron chi connectivity index (χ2n) is 6.83. The molecule has 1 aliphatic carbocycles. The topological polar surface area (TPSA) is 66.8 Å². The normalized spacial score (nSPS) is 27.7. The van der Waals surface area contributed by atoms with Crippen LogP contribution in [0.5, 0.6) is 0 Å². The Bertz CT molecular complexity index is 409. The van der Waals surface area contributed by atoms with Crippen molar-refractivity contribution in [1.29, 1.82) is 0 Å². The van der Waals surface area contributed by atoms with Crippen LogP contribution >= 0.6 is 0 Å². The Morgan fingerprint density at radius 2 is 1.86 bits per heavy atom. The van der Waals surface area contributed by atoms with E-state index in [1.54, 1.807) is 4.90 Å². The molecule has 1 N–H and O–H groups in total. The van der Waals surface area contributed by atoms with Crippen LogP contribution < -0.4 is 0 Å². The van der Waals surface area contributed by atoms with E-state index < -0.39 is 6.10 Å². The summed E-state index contributed by atoms with van der Waals surface area (Å²) in [6.07, 6.45) is 6.63. The molecule has 0 aromatic heterocycles. The van der Waals surface area contributed by atoms with Gasteiger partial charge in [0, 0.05) is 13.1 Å². The van der Waals surface area contributed by atoms with Crippen molar-refractivity contribution in [2.24, 2.45) is 11.3 Å². The zero-order valence-corrected chi connectivity index (χ0v) is 12.6. The second-order valence-corrected chi connectivity index (χ2v) is 6.83. The molecule has 3 aliphatic rings. The Hall–Kier alpha value is -1.10. The van der Waals surface area contributed by atoms with E-state index >= 15 is 0 Å². The third-order valence-electron chi connectivity index (χ3n) is 5.63. The molecule has 2 heterocycles. The largest absolute Gasteiger partial charge is 0.465 e. The minimum atomic E-state index is -0.852. The lowest BCUT2D eigenvalue weighted by molar-refractivity contribution is -0.153. The van der Waals surface area contributed by atoms with E-state index in [1.165, 1.54) is 6.42 Å². The van der Waals surface area contributed by atoms with E-state index in [9.17, 15) is 14.7 Å². The predicted molar refractivity (Wildman–Crippen MR) is 76.4 cm³/mol. The summed E-state index contributed by atoms with van der Waals surface area (Å²) >= 11 is 0. The number of nitrogens with zero attached hydrogens (tertiary/aromatic N) is 1. The average molecular weight is 295 g/mol. The lowest BCUT2D eigenvalue weighted by Crippen LogP contribution is -2.49. The number of carbonyl (C=O) groups excluding carboxylic acids is 2. The minimum absolute atomic E-state index is 0.0950. The summed E-state index contributed by atoms with van der Waals surface area (Å²) in [5, 5.41) is 10.3. The first-order valence-corrected chi connectivity index (χ1v) is 8.26. The SMILES string of the molecule is O=C(C(O)C1CCCCC1)N1CCC2(CCOC2=O)CC1. The van der Waals surface area contributed by atoms with Crippen molar-refractivity contribution in [1.82, 2.24) is 4.90 Å². The maximum atomic E-state index is 12.4. The molecule has 5 nitrogen and oxygen atoms in total. The summed E-state index contributed by atoms with van der Waals surface area (Å²) in [6.45, 7) is 1.65. The van der Waals surface area contributed by atoms with Crippen LogP contribution in [0.1, 0.15) is 51.4 Å². The lowest BCUT2D eigenvalue weighted by atomic mass is 9.77. The number of hydrogen-bond donors (Lipinski definition) is 1. The number of likely N-dealkylation sites (tertiary alicyclic amines) is 1. The molecular weight excluding hydrogens is 270 g/mol. The smallest absolute Gasteiger partial charge is 0.312 e. The highest BCUT2D eigenvalue weighted by Gasteiger charge is 2.47. The van der Waals surface area contributed by atoms with Gasteiger partial charge in [-0.1, -0.05) is 19.3 Å². The van der Waals surface area contributed by atoms with Crippen molar-refractivity contribution in [2.45, 2.75) is 57.5 Å². The first-order valence-electron chi connectivity index (χ1n) is 8.26. The van der Waals surface area contributed by atoms with Crippen LogP contribution in [0.4, 0.5) is 0 Å². The highest BCUT2D eigenvalue weighted by Crippen LogP contribution is 2.40. The maximum absolute atomic E-state index is 12.4. The number of rotatable bonds is 2. The molecule has 1 amide bonds. The highest BCUT2D eigenvalue weighted by atomic mass is 16.5. The van der Waals surface area contributed by atoms with E-state index in [4.69, 9.17) is 4.74 Å². The first kappa shape index (κ1) is 14.8. The molecule has 3 rings (SSSR count). The fraction of sp³-hybridized carbons (Fsp3) is 0.875. The van der Waals surface area contributed by atoms with Crippen molar-refractivity contribution in [2.75, 3.05) is 19.7 Å². The summed E-state index contributed by atoms with van der Waals surface area (Å²) in [6, 6.07) is 0. The highest BCUT2D eigenvalue weighted by molar-refractivity contribution is 5.82. The molecule has 0 radical (unpaired) electrons. The molecule has 1 atom stereocenters. The number of amides is 1. The molecule has 21 heavy (non-hydrogen) atoms. The van der Waals surface area contributed by atoms with Gasteiger partial charge in [0.05, 0.1) is 12.0 Å². The summed E-state index contributed by atoms with van der Waals surface area (Å²) in [7, 11) is 0. The Kier molecular flexibility index (Phi) is 4.20. The van der Waals surface area contributed by atoms with Crippen LogP contribution in [0.2, 0.25) is 0 Å². The number of cyclic esters (lactones) is 1. The van der Waals surface area contributed by atoms with Crippen LogP contribution in [0, 0.1) is 11.3 Å². The van der Waals surface area contributed by atoms with Gasteiger partial charge in [0.25, 0.3) is 5.91 Å². The fourth-order valence-electron chi connectivity index (χ4n) is 4.04. The van der Waals surface area contributed by atoms with E-state index in [2.05, 4.69) is 0 Å². The van der Waals surface area contributed by atoms with Crippen molar-refractivity contribution in [3.8, 4) is 0 Å². The van der Waals surface area contributed by atoms with Gasteiger partial charge in [0.1, 0.15) is 6.10 Å². The van der Waals surface area contributed by atoms with E-state index in [0.29, 0.717) is 32.5 Å². The molecule has 0 aromatic carbocycles. The number of esters is 1. The Labute approximate surface area is 125 Å². The van der Waals surface area contributed by atoms with Gasteiger partial charge < -0.3 is 14.7 Å². The molecule has 0 bridgehead atoms. The van der Waals surface area contributed by atoms with Crippen molar-refractivity contribution < 1.29 is 19.4 Å². The Morgan fingerprint density at radius 1 is 1.19 bits per heavy atom. The minimum Gasteiger partial charge on any atom is -0.465 e. The molecule has 1 unspecified atom stereocenters. The number of piperidine rings is 1. The summed E-state index contributed by atoms with van der Waals surface area (Å²) in [5.41, 5.74) is -0.355. The zero-order valence-electron chi connectivity index (χ0n) is 12.6. The Balaban J connectivity index is 1.56. The van der Waals surface area contributed by atoms with E-state index in [0.717, 1.165) is 32.1 Å². The van der Waals surface area contributed by atoms with Gasteiger partial charge in [-0.05, 0) is 38.0 Å². The zero-order chi connectivity index (χ0) is 14.9.